The number of esters is 1. The number of aryl methyl sites for hydroxylation is 1. The molecular weight excluding hydrogens is 327 g/mol. The number of piperidine rings is 1. The van der Waals surface area contributed by atoms with Crippen LogP contribution < -0.4 is 0 Å². The minimum atomic E-state index is -5.08. The maximum atomic E-state index is 13.8. The van der Waals surface area contributed by atoms with Gasteiger partial charge in [-0.15, -0.1) is 0 Å². The Morgan fingerprint density at radius 2 is 2.00 bits per heavy atom. The number of nitrogens with zero attached hydrogens (tertiary/aromatic N) is 3. The highest BCUT2D eigenvalue weighted by Crippen LogP contribution is 2.44. The van der Waals surface area contributed by atoms with E-state index in [1.165, 1.54) is 13.2 Å². The van der Waals surface area contributed by atoms with Crippen LogP contribution in [0.25, 0.3) is 0 Å². The summed E-state index contributed by atoms with van der Waals surface area (Å²) in [5.41, 5.74) is -3.42. The summed E-state index contributed by atoms with van der Waals surface area (Å²) >= 11 is 0. The van der Waals surface area contributed by atoms with Gasteiger partial charge in [-0.05, 0) is 25.9 Å². The molecule has 1 N–H and O–H groups in total. The Bertz CT molecular complexity index is 570. The molecule has 1 aliphatic heterocycles. The number of alkyl halides is 3. The lowest BCUT2D eigenvalue weighted by atomic mass is 9.84. The topological polar surface area (TPSA) is 67.6 Å². The van der Waals surface area contributed by atoms with Crippen molar-refractivity contribution in [1.82, 2.24) is 14.5 Å². The smallest absolute Gasteiger partial charge is 0.425 e. The molecule has 0 radical (unpaired) electrons. The fourth-order valence-corrected chi connectivity index (χ4v) is 3.13. The Morgan fingerprint density at radius 3 is 2.46 bits per heavy atom. The molecule has 2 atom stereocenters. The zero-order chi connectivity index (χ0) is 18.0. The minimum absolute atomic E-state index is 0.241. The van der Waals surface area contributed by atoms with Crippen LogP contribution in [0.15, 0.2) is 12.4 Å². The quantitative estimate of drug-likeness (QED) is 0.815. The molecule has 2 rings (SSSR count). The number of likely N-dealkylation sites (tertiary alicyclic amines) is 1. The summed E-state index contributed by atoms with van der Waals surface area (Å²) in [6.07, 6.45) is 0.0626. The number of methoxy groups -OCH3 is 1. The average molecular weight is 349 g/mol. The first kappa shape index (κ1) is 18.7. The van der Waals surface area contributed by atoms with Gasteiger partial charge in [0.1, 0.15) is 5.92 Å². The highest BCUT2D eigenvalue weighted by molar-refractivity contribution is 5.74. The number of halogens is 3. The Hall–Kier alpha value is -1.61. The van der Waals surface area contributed by atoms with E-state index in [2.05, 4.69) is 9.72 Å². The van der Waals surface area contributed by atoms with Crippen LogP contribution in [0.5, 0.6) is 0 Å². The molecule has 1 aromatic rings. The fourth-order valence-electron chi connectivity index (χ4n) is 3.13. The number of hydrogen-bond acceptors (Lipinski definition) is 5. The standard InChI is InChI=1S/C15H22F3N3O3/c1-20-9-6-19-13(20)14(23,15(16,17)18)11(12(22)24-2)10-21-7-4-3-5-8-21/h6,9,11,23H,3-5,7-8,10H2,1-2H3/t11-,14+/m1/s1. The zero-order valence-corrected chi connectivity index (χ0v) is 13.7. The van der Waals surface area contributed by atoms with E-state index in [4.69, 9.17) is 0 Å². The zero-order valence-electron chi connectivity index (χ0n) is 13.7. The molecule has 9 heteroatoms. The third kappa shape index (κ3) is 3.41. The molecular formula is C15H22F3N3O3. The highest BCUT2D eigenvalue weighted by atomic mass is 19.4. The van der Waals surface area contributed by atoms with Gasteiger partial charge in [-0.25, -0.2) is 4.98 Å². The van der Waals surface area contributed by atoms with Gasteiger partial charge in [0.2, 0.25) is 5.60 Å². The maximum absolute atomic E-state index is 13.8. The van der Waals surface area contributed by atoms with Crippen molar-refractivity contribution in [1.29, 1.82) is 0 Å². The number of aromatic nitrogens is 2. The largest absolute Gasteiger partial charge is 0.469 e. The van der Waals surface area contributed by atoms with Gasteiger partial charge >= 0.3 is 12.1 Å². The minimum Gasteiger partial charge on any atom is -0.469 e. The first-order valence-electron chi connectivity index (χ1n) is 7.79. The van der Waals surface area contributed by atoms with Crippen LogP contribution in [0.3, 0.4) is 0 Å². The molecule has 0 bridgehead atoms. The van der Waals surface area contributed by atoms with Crippen LogP contribution in [0.4, 0.5) is 13.2 Å². The molecule has 0 spiro atoms. The maximum Gasteiger partial charge on any atom is 0.425 e. The summed E-state index contributed by atoms with van der Waals surface area (Å²) in [6.45, 7) is 0.930. The van der Waals surface area contributed by atoms with Crippen molar-refractivity contribution in [2.24, 2.45) is 13.0 Å². The molecule has 0 amide bonds. The van der Waals surface area contributed by atoms with Crippen LogP contribution in [-0.4, -0.2) is 58.4 Å². The summed E-state index contributed by atoms with van der Waals surface area (Å²) in [6, 6.07) is 0. The van der Waals surface area contributed by atoms with Crippen LogP contribution in [0.2, 0.25) is 0 Å². The van der Waals surface area contributed by atoms with Crippen molar-refractivity contribution in [2.75, 3.05) is 26.7 Å². The van der Waals surface area contributed by atoms with Gasteiger partial charge in [-0.3, -0.25) is 4.79 Å². The van der Waals surface area contributed by atoms with Crippen molar-refractivity contribution < 1.29 is 27.8 Å². The molecule has 0 unspecified atom stereocenters. The van der Waals surface area contributed by atoms with Crippen molar-refractivity contribution in [3.8, 4) is 0 Å². The molecule has 1 fully saturated rings. The summed E-state index contributed by atoms with van der Waals surface area (Å²) in [5.74, 6) is -3.55. The third-order valence-electron chi connectivity index (χ3n) is 4.47. The lowest BCUT2D eigenvalue weighted by Crippen LogP contribution is -2.56. The number of imidazole rings is 1. The number of carbonyl (C=O) groups is 1. The monoisotopic (exact) mass is 349 g/mol. The van der Waals surface area contributed by atoms with E-state index >= 15 is 0 Å². The number of ether oxygens (including phenoxy) is 1. The molecule has 24 heavy (non-hydrogen) atoms. The molecule has 1 saturated heterocycles. The number of rotatable bonds is 5. The van der Waals surface area contributed by atoms with Crippen molar-refractivity contribution in [3.63, 3.8) is 0 Å². The van der Waals surface area contributed by atoms with E-state index < -0.39 is 29.5 Å². The molecule has 0 saturated carbocycles. The Morgan fingerprint density at radius 1 is 1.38 bits per heavy atom. The van der Waals surface area contributed by atoms with Crippen molar-refractivity contribution in [3.05, 3.63) is 18.2 Å². The molecule has 1 aliphatic rings. The van der Waals surface area contributed by atoms with E-state index in [0.29, 0.717) is 13.1 Å². The van der Waals surface area contributed by atoms with Gasteiger partial charge < -0.3 is 19.3 Å². The van der Waals surface area contributed by atoms with E-state index in [1.54, 1.807) is 4.90 Å². The van der Waals surface area contributed by atoms with Crippen LogP contribution in [0.1, 0.15) is 25.1 Å². The fraction of sp³-hybridized carbons (Fsp3) is 0.733. The van der Waals surface area contributed by atoms with E-state index in [0.717, 1.165) is 37.1 Å². The van der Waals surface area contributed by atoms with Crippen molar-refractivity contribution in [2.45, 2.75) is 31.0 Å². The molecule has 136 valence electrons. The van der Waals surface area contributed by atoms with Gasteiger partial charge in [-0.2, -0.15) is 13.2 Å². The first-order valence-corrected chi connectivity index (χ1v) is 7.79. The van der Waals surface area contributed by atoms with Crippen LogP contribution >= 0.6 is 0 Å². The van der Waals surface area contributed by atoms with Gasteiger partial charge in [0.15, 0.2) is 5.82 Å². The van der Waals surface area contributed by atoms with Crippen molar-refractivity contribution >= 4 is 5.97 Å². The predicted molar refractivity (Wildman–Crippen MR) is 79.0 cm³/mol. The van der Waals surface area contributed by atoms with Crippen LogP contribution in [-0.2, 0) is 22.2 Å². The van der Waals surface area contributed by atoms with Gasteiger partial charge in [-0.1, -0.05) is 6.42 Å². The summed E-state index contributed by atoms with van der Waals surface area (Å²) < 4.78 is 47.1. The van der Waals surface area contributed by atoms with E-state index in [9.17, 15) is 23.1 Å². The first-order chi connectivity index (χ1) is 11.2. The van der Waals surface area contributed by atoms with Gasteiger partial charge in [0.05, 0.1) is 7.11 Å². The Labute approximate surface area is 138 Å². The lowest BCUT2D eigenvalue weighted by molar-refractivity contribution is -0.291. The number of hydrogen-bond donors (Lipinski definition) is 1. The van der Waals surface area contributed by atoms with E-state index in [-0.39, 0.29) is 6.54 Å². The number of aliphatic hydroxyl groups is 1. The summed E-state index contributed by atoms with van der Waals surface area (Å²) in [4.78, 5) is 17.5. The predicted octanol–water partition coefficient (Wildman–Crippen LogP) is 1.45. The van der Waals surface area contributed by atoms with Gasteiger partial charge in [0.25, 0.3) is 0 Å². The Kier molecular flexibility index (Phi) is 5.54. The SMILES string of the molecule is COC(=O)[C@@H](CN1CCCCC1)[C@](O)(c1nccn1C)C(F)(F)F. The van der Waals surface area contributed by atoms with E-state index in [1.807, 2.05) is 0 Å². The third-order valence-corrected chi connectivity index (χ3v) is 4.47. The molecule has 6 nitrogen and oxygen atoms in total. The van der Waals surface area contributed by atoms with Crippen LogP contribution in [0, 0.1) is 5.92 Å². The second kappa shape index (κ2) is 7.10. The molecule has 0 aromatic carbocycles. The lowest BCUT2D eigenvalue weighted by Gasteiger charge is -2.38. The average Bonchev–Trinajstić information content (AvgIpc) is 2.97. The highest BCUT2D eigenvalue weighted by Gasteiger charge is 2.64. The second-order valence-corrected chi connectivity index (χ2v) is 6.06. The Balaban J connectivity index is 2.45. The molecule has 2 heterocycles. The normalized spacial score (nSPS) is 20.4. The molecule has 1 aromatic heterocycles. The summed E-state index contributed by atoms with van der Waals surface area (Å²) in [5, 5.41) is 10.6. The number of carbonyl (C=O) groups excluding carboxylic acids is 1. The summed E-state index contributed by atoms with van der Waals surface area (Å²) in [7, 11) is 2.36. The second-order valence-electron chi connectivity index (χ2n) is 6.06. The van der Waals surface area contributed by atoms with Gasteiger partial charge in [0, 0.05) is 26.0 Å². The molecule has 0 aliphatic carbocycles.